The number of rotatable bonds is 3. The van der Waals surface area contributed by atoms with E-state index in [1.807, 2.05) is 36.4 Å². The van der Waals surface area contributed by atoms with Crippen LogP contribution >= 0.6 is 0 Å². The Morgan fingerprint density at radius 3 is 2.90 bits per heavy atom. The lowest BCUT2D eigenvalue weighted by Gasteiger charge is -2.26. The van der Waals surface area contributed by atoms with Crippen molar-refractivity contribution in [3.8, 4) is 0 Å². The van der Waals surface area contributed by atoms with E-state index in [4.69, 9.17) is 5.73 Å². The number of pyridine rings is 1. The number of carbonyl (C=O) groups is 1. The minimum atomic E-state index is -0.368. The summed E-state index contributed by atoms with van der Waals surface area (Å²) in [6.07, 6.45) is 4.76. The van der Waals surface area contributed by atoms with Gasteiger partial charge in [-0.2, -0.15) is 0 Å². The lowest BCUT2D eigenvalue weighted by atomic mass is 9.87. The fraction of sp³-hybridized carbons (Fsp3) is 0.250. The number of hydrogen-bond acceptors (Lipinski definition) is 3. The maximum atomic E-state index is 11.3. The summed E-state index contributed by atoms with van der Waals surface area (Å²) >= 11 is 0. The largest absolute Gasteiger partial charge is 0.367 e. The van der Waals surface area contributed by atoms with Gasteiger partial charge >= 0.3 is 0 Å². The third-order valence-electron chi connectivity index (χ3n) is 3.74. The second-order valence-electron chi connectivity index (χ2n) is 5.15. The zero-order chi connectivity index (χ0) is 13.9. The number of aryl methyl sites for hydroxylation is 1. The van der Waals surface area contributed by atoms with Crippen LogP contribution in [0, 0.1) is 0 Å². The normalized spacial score (nSPS) is 17.3. The molecule has 0 saturated carbocycles. The molecule has 4 nitrogen and oxygen atoms in total. The average molecular weight is 267 g/mol. The summed E-state index contributed by atoms with van der Waals surface area (Å²) in [6, 6.07) is 11.9. The molecule has 1 heterocycles. The van der Waals surface area contributed by atoms with Crippen LogP contribution in [0.2, 0.25) is 0 Å². The second-order valence-corrected chi connectivity index (χ2v) is 5.15. The molecule has 1 aromatic heterocycles. The molecule has 0 fully saturated rings. The quantitative estimate of drug-likeness (QED) is 0.895. The number of nitrogens with zero attached hydrogens (tertiary/aromatic N) is 1. The maximum absolute atomic E-state index is 11.3. The number of benzene rings is 1. The van der Waals surface area contributed by atoms with E-state index in [1.54, 1.807) is 6.20 Å². The van der Waals surface area contributed by atoms with Crippen LogP contribution in [0.5, 0.6) is 0 Å². The smallest absolute Gasteiger partial charge is 0.248 e. The first-order valence-corrected chi connectivity index (χ1v) is 6.81. The highest BCUT2D eigenvalue weighted by atomic mass is 16.1. The molecule has 2 aromatic rings. The summed E-state index contributed by atoms with van der Waals surface area (Å²) in [5.41, 5.74) is 8.45. The Bertz CT molecular complexity index is 625. The summed E-state index contributed by atoms with van der Waals surface area (Å²) in [5.74, 6) is 0.527. The molecular formula is C16H17N3O. The SMILES string of the molecule is NC(=O)c1ccc2c(c1)CC(Nc1ccccn1)CC2. The first-order valence-electron chi connectivity index (χ1n) is 6.81. The van der Waals surface area contributed by atoms with Gasteiger partial charge in [0.2, 0.25) is 5.91 Å². The van der Waals surface area contributed by atoms with Gasteiger partial charge in [-0.1, -0.05) is 12.1 Å². The number of nitrogens with one attached hydrogen (secondary N) is 1. The van der Waals surface area contributed by atoms with E-state index >= 15 is 0 Å². The fourth-order valence-corrected chi connectivity index (χ4v) is 2.69. The molecule has 0 spiro atoms. The summed E-state index contributed by atoms with van der Waals surface area (Å²) in [4.78, 5) is 15.5. The van der Waals surface area contributed by atoms with Crippen LogP contribution in [0.4, 0.5) is 5.82 Å². The van der Waals surface area contributed by atoms with E-state index in [1.165, 1.54) is 11.1 Å². The van der Waals surface area contributed by atoms with Gasteiger partial charge in [0.05, 0.1) is 0 Å². The van der Waals surface area contributed by atoms with Crippen LogP contribution < -0.4 is 11.1 Å². The molecule has 0 saturated heterocycles. The highest BCUT2D eigenvalue weighted by molar-refractivity contribution is 5.93. The van der Waals surface area contributed by atoms with Crippen molar-refractivity contribution in [3.63, 3.8) is 0 Å². The number of fused-ring (bicyclic) bond motifs is 1. The highest BCUT2D eigenvalue weighted by Crippen LogP contribution is 2.24. The molecule has 1 unspecified atom stereocenters. The zero-order valence-electron chi connectivity index (χ0n) is 11.2. The monoisotopic (exact) mass is 267 g/mol. The molecule has 20 heavy (non-hydrogen) atoms. The molecule has 3 rings (SSSR count). The van der Waals surface area contributed by atoms with E-state index in [-0.39, 0.29) is 5.91 Å². The second kappa shape index (κ2) is 5.33. The number of anilines is 1. The summed E-state index contributed by atoms with van der Waals surface area (Å²) in [7, 11) is 0. The predicted octanol–water partition coefficient (Wildman–Crippen LogP) is 2.15. The number of carbonyl (C=O) groups excluding carboxylic acids is 1. The number of hydrogen-bond donors (Lipinski definition) is 2. The van der Waals surface area contributed by atoms with Crippen molar-refractivity contribution in [2.45, 2.75) is 25.3 Å². The Kier molecular flexibility index (Phi) is 3.37. The third-order valence-corrected chi connectivity index (χ3v) is 3.74. The van der Waals surface area contributed by atoms with E-state index in [0.29, 0.717) is 11.6 Å². The predicted molar refractivity (Wildman–Crippen MR) is 78.6 cm³/mol. The molecular weight excluding hydrogens is 250 g/mol. The molecule has 0 radical (unpaired) electrons. The molecule has 4 heteroatoms. The van der Waals surface area contributed by atoms with Crippen molar-refractivity contribution in [1.82, 2.24) is 4.98 Å². The average Bonchev–Trinajstić information content (AvgIpc) is 2.47. The van der Waals surface area contributed by atoms with Crippen LogP contribution in [0.25, 0.3) is 0 Å². The highest BCUT2D eigenvalue weighted by Gasteiger charge is 2.19. The van der Waals surface area contributed by atoms with Crippen molar-refractivity contribution < 1.29 is 4.79 Å². The Hall–Kier alpha value is -2.36. The molecule has 1 aromatic carbocycles. The molecule has 0 bridgehead atoms. The molecule has 1 atom stereocenters. The number of aromatic nitrogens is 1. The number of nitrogens with two attached hydrogens (primary N) is 1. The van der Waals surface area contributed by atoms with E-state index in [9.17, 15) is 4.79 Å². The van der Waals surface area contributed by atoms with Gasteiger partial charge < -0.3 is 11.1 Å². The van der Waals surface area contributed by atoms with Crippen molar-refractivity contribution in [3.05, 3.63) is 59.3 Å². The maximum Gasteiger partial charge on any atom is 0.248 e. The van der Waals surface area contributed by atoms with Crippen LogP contribution in [-0.2, 0) is 12.8 Å². The molecule has 102 valence electrons. The molecule has 1 amide bonds. The lowest BCUT2D eigenvalue weighted by Crippen LogP contribution is -2.28. The van der Waals surface area contributed by atoms with Crippen LogP contribution in [0.3, 0.4) is 0 Å². The summed E-state index contributed by atoms with van der Waals surface area (Å²) in [6.45, 7) is 0. The van der Waals surface area contributed by atoms with Gasteiger partial charge in [-0.05, 0) is 54.7 Å². The van der Waals surface area contributed by atoms with Crippen molar-refractivity contribution in [1.29, 1.82) is 0 Å². The summed E-state index contributed by atoms with van der Waals surface area (Å²) < 4.78 is 0. The molecule has 0 aliphatic heterocycles. The minimum Gasteiger partial charge on any atom is -0.367 e. The Morgan fingerprint density at radius 2 is 2.15 bits per heavy atom. The van der Waals surface area contributed by atoms with Gasteiger partial charge in [0.25, 0.3) is 0 Å². The van der Waals surface area contributed by atoms with Gasteiger partial charge in [0, 0.05) is 17.8 Å². The van der Waals surface area contributed by atoms with Crippen LogP contribution in [0.15, 0.2) is 42.6 Å². The Balaban J connectivity index is 1.77. The van der Waals surface area contributed by atoms with E-state index in [0.717, 1.165) is 25.1 Å². The fourth-order valence-electron chi connectivity index (χ4n) is 2.69. The summed E-state index contributed by atoms with van der Waals surface area (Å²) in [5, 5.41) is 3.44. The van der Waals surface area contributed by atoms with Crippen molar-refractivity contribution >= 4 is 11.7 Å². The first kappa shape index (κ1) is 12.7. The lowest BCUT2D eigenvalue weighted by molar-refractivity contribution is 0.1000. The number of amides is 1. The van der Waals surface area contributed by atoms with E-state index < -0.39 is 0 Å². The van der Waals surface area contributed by atoms with Crippen molar-refractivity contribution in [2.24, 2.45) is 5.73 Å². The zero-order valence-corrected chi connectivity index (χ0v) is 11.2. The molecule has 1 aliphatic rings. The van der Waals surface area contributed by atoms with Gasteiger partial charge in [-0.3, -0.25) is 4.79 Å². The standard InChI is InChI=1S/C16H17N3O/c17-16(20)12-5-4-11-6-7-14(10-13(11)9-12)19-15-3-1-2-8-18-15/h1-5,8-9,14H,6-7,10H2,(H2,17,20)(H,18,19). The Labute approximate surface area is 118 Å². The van der Waals surface area contributed by atoms with Gasteiger partial charge in [-0.15, -0.1) is 0 Å². The van der Waals surface area contributed by atoms with Crippen LogP contribution in [0.1, 0.15) is 27.9 Å². The van der Waals surface area contributed by atoms with Crippen LogP contribution in [-0.4, -0.2) is 16.9 Å². The minimum absolute atomic E-state index is 0.348. The molecule has 1 aliphatic carbocycles. The number of primary amides is 1. The van der Waals surface area contributed by atoms with Gasteiger partial charge in [-0.25, -0.2) is 4.98 Å². The topological polar surface area (TPSA) is 68.0 Å². The van der Waals surface area contributed by atoms with E-state index in [2.05, 4.69) is 10.3 Å². The molecule has 3 N–H and O–H groups in total. The Morgan fingerprint density at radius 1 is 1.25 bits per heavy atom. The third kappa shape index (κ3) is 2.64. The van der Waals surface area contributed by atoms with Crippen molar-refractivity contribution in [2.75, 3.05) is 5.32 Å². The first-order chi connectivity index (χ1) is 9.72. The van der Waals surface area contributed by atoms with Gasteiger partial charge in [0.15, 0.2) is 0 Å². The van der Waals surface area contributed by atoms with Gasteiger partial charge in [0.1, 0.15) is 5.82 Å².